The summed E-state index contributed by atoms with van der Waals surface area (Å²) in [5.74, 6) is -0.369. The number of hydrogen-bond donors (Lipinski definition) is 1. The van der Waals surface area contributed by atoms with Crippen molar-refractivity contribution in [3.05, 3.63) is 56.4 Å². The van der Waals surface area contributed by atoms with Crippen molar-refractivity contribution in [3.8, 4) is 0 Å². The van der Waals surface area contributed by atoms with Crippen LogP contribution in [0.4, 0.5) is 4.39 Å². The van der Waals surface area contributed by atoms with Crippen LogP contribution in [0, 0.1) is 5.82 Å². The van der Waals surface area contributed by atoms with Crippen LogP contribution < -0.4 is 0 Å². The molecule has 0 fully saturated rings. The fraction of sp³-hybridized carbons (Fsp3) is 0.231. The Hall–Kier alpha value is -0.710. The van der Waals surface area contributed by atoms with Gasteiger partial charge in [0.2, 0.25) is 0 Å². The zero-order valence-corrected chi connectivity index (χ0v) is 11.5. The molecule has 0 amide bonds. The fourth-order valence-electron chi connectivity index (χ4n) is 1.67. The average Bonchev–Trinajstić information content (AvgIpc) is 2.82. The van der Waals surface area contributed by atoms with E-state index in [-0.39, 0.29) is 5.82 Å². The van der Waals surface area contributed by atoms with Gasteiger partial charge in [-0.2, -0.15) is 0 Å². The van der Waals surface area contributed by atoms with E-state index in [2.05, 4.69) is 15.9 Å². The third-order valence-electron chi connectivity index (χ3n) is 2.58. The third-order valence-corrected chi connectivity index (χ3v) is 4.13. The van der Waals surface area contributed by atoms with E-state index < -0.39 is 6.10 Å². The van der Waals surface area contributed by atoms with Gasteiger partial charge in [0.1, 0.15) is 5.82 Å². The molecule has 0 saturated heterocycles. The summed E-state index contributed by atoms with van der Waals surface area (Å²) in [6.07, 6.45) is 0.549. The Balaban J connectivity index is 2.04. The molecule has 1 aromatic heterocycles. The summed E-state index contributed by atoms with van der Waals surface area (Å²) in [4.78, 5) is 1.21. The van der Waals surface area contributed by atoms with Gasteiger partial charge in [0, 0.05) is 10.4 Å². The second-order valence-electron chi connectivity index (χ2n) is 3.78. The minimum Gasteiger partial charge on any atom is -0.388 e. The molecule has 90 valence electrons. The summed E-state index contributed by atoms with van der Waals surface area (Å²) in [7, 11) is 0. The number of halogens is 2. The van der Waals surface area contributed by atoms with Gasteiger partial charge in [0.05, 0.1) is 10.6 Å². The molecule has 1 unspecified atom stereocenters. The van der Waals surface area contributed by atoms with E-state index in [1.54, 1.807) is 29.5 Å². The molecule has 2 rings (SSSR count). The van der Waals surface area contributed by atoms with Crippen molar-refractivity contribution in [1.29, 1.82) is 0 Å². The summed E-state index contributed by atoms with van der Waals surface area (Å²) in [5, 5.41) is 12.0. The molecule has 0 aliphatic carbocycles. The van der Waals surface area contributed by atoms with Gasteiger partial charge in [-0.25, -0.2) is 4.39 Å². The quantitative estimate of drug-likeness (QED) is 0.891. The van der Waals surface area contributed by atoms with Crippen molar-refractivity contribution in [1.82, 2.24) is 0 Å². The van der Waals surface area contributed by atoms with E-state index in [9.17, 15) is 9.50 Å². The van der Waals surface area contributed by atoms with E-state index in [0.717, 1.165) is 6.42 Å². The minimum atomic E-state index is -0.755. The molecule has 1 heterocycles. The number of aliphatic hydroxyl groups is 1. The van der Waals surface area contributed by atoms with Crippen molar-refractivity contribution < 1.29 is 9.50 Å². The molecule has 1 nitrogen and oxygen atoms in total. The normalized spacial score (nSPS) is 12.6. The van der Waals surface area contributed by atoms with Crippen molar-refractivity contribution >= 4 is 27.3 Å². The van der Waals surface area contributed by atoms with Gasteiger partial charge < -0.3 is 5.11 Å². The molecule has 0 aliphatic heterocycles. The summed E-state index contributed by atoms with van der Waals surface area (Å²) in [6.45, 7) is 0. The van der Waals surface area contributed by atoms with Crippen LogP contribution >= 0.6 is 27.3 Å². The average molecular weight is 315 g/mol. The zero-order valence-electron chi connectivity index (χ0n) is 9.07. The van der Waals surface area contributed by atoms with Crippen LogP contribution in [0.15, 0.2) is 40.2 Å². The van der Waals surface area contributed by atoms with Crippen LogP contribution in [-0.4, -0.2) is 5.11 Å². The van der Waals surface area contributed by atoms with E-state index in [1.165, 1.54) is 4.88 Å². The first-order valence-electron chi connectivity index (χ1n) is 5.33. The Bertz CT molecular complexity index is 484. The molecule has 0 bridgehead atoms. The lowest BCUT2D eigenvalue weighted by molar-refractivity contribution is 0.163. The molecule has 0 saturated carbocycles. The molecule has 17 heavy (non-hydrogen) atoms. The fourth-order valence-corrected chi connectivity index (χ4v) is 2.77. The van der Waals surface area contributed by atoms with E-state index >= 15 is 0 Å². The Morgan fingerprint density at radius 3 is 2.82 bits per heavy atom. The van der Waals surface area contributed by atoms with Gasteiger partial charge in [-0.05, 0) is 46.3 Å². The summed E-state index contributed by atoms with van der Waals surface area (Å²) in [5.41, 5.74) is 0.357. The molecule has 0 radical (unpaired) electrons. The summed E-state index contributed by atoms with van der Waals surface area (Å²) in [6, 6.07) is 8.99. The molecule has 1 aromatic carbocycles. The highest BCUT2D eigenvalue weighted by Crippen LogP contribution is 2.27. The lowest BCUT2D eigenvalue weighted by Gasteiger charge is -2.12. The smallest absolute Gasteiger partial charge is 0.143 e. The largest absolute Gasteiger partial charge is 0.388 e. The van der Waals surface area contributed by atoms with Gasteiger partial charge in [-0.15, -0.1) is 11.3 Å². The monoisotopic (exact) mass is 314 g/mol. The predicted octanol–water partition coefficient (Wildman–Crippen LogP) is 4.32. The highest BCUT2D eigenvalue weighted by atomic mass is 79.9. The third kappa shape index (κ3) is 3.15. The van der Waals surface area contributed by atoms with Gasteiger partial charge in [0.15, 0.2) is 0 Å². The molecule has 2 aromatic rings. The Morgan fingerprint density at radius 2 is 2.12 bits per heavy atom. The second kappa shape index (κ2) is 5.76. The number of benzene rings is 1. The highest BCUT2D eigenvalue weighted by Gasteiger charge is 2.14. The Kier molecular flexibility index (Phi) is 4.31. The minimum absolute atomic E-state index is 0.357. The first kappa shape index (κ1) is 12.7. The molecular formula is C13H12BrFOS. The molecular weight excluding hydrogens is 303 g/mol. The van der Waals surface area contributed by atoms with Crippen molar-refractivity contribution in [3.63, 3.8) is 0 Å². The number of aliphatic hydroxyl groups excluding tert-OH is 1. The van der Waals surface area contributed by atoms with Crippen molar-refractivity contribution in [2.45, 2.75) is 18.9 Å². The van der Waals surface area contributed by atoms with Crippen molar-refractivity contribution in [2.24, 2.45) is 0 Å². The lowest BCUT2D eigenvalue weighted by atomic mass is 10.0. The molecule has 4 heteroatoms. The maximum atomic E-state index is 13.7. The predicted molar refractivity (Wildman–Crippen MR) is 71.7 cm³/mol. The highest BCUT2D eigenvalue weighted by molar-refractivity contribution is 9.10. The van der Waals surface area contributed by atoms with Gasteiger partial charge in [-0.3, -0.25) is 0 Å². The van der Waals surface area contributed by atoms with Crippen LogP contribution in [0.25, 0.3) is 0 Å². The molecule has 1 N–H and O–H groups in total. The Labute approximate surface area is 112 Å². The van der Waals surface area contributed by atoms with E-state index in [4.69, 9.17) is 0 Å². The summed E-state index contributed by atoms with van der Waals surface area (Å²) < 4.78 is 14.1. The number of aryl methyl sites for hydroxylation is 1. The molecule has 1 atom stereocenters. The van der Waals surface area contributed by atoms with E-state index in [0.29, 0.717) is 16.5 Å². The van der Waals surface area contributed by atoms with E-state index in [1.807, 2.05) is 17.5 Å². The van der Waals surface area contributed by atoms with Crippen LogP contribution in [-0.2, 0) is 6.42 Å². The molecule has 0 aliphatic rings. The topological polar surface area (TPSA) is 20.2 Å². The summed E-state index contributed by atoms with van der Waals surface area (Å²) >= 11 is 4.77. The van der Waals surface area contributed by atoms with Crippen LogP contribution in [0.3, 0.4) is 0 Å². The lowest BCUT2D eigenvalue weighted by Crippen LogP contribution is -2.02. The maximum Gasteiger partial charge on any atom is 0.143 e. The van der Waals surface area contributed by atoms with Crippen molar-refractivity contribution in [2.75, 3.05) is 0 Å². The Morgan fingerprint density at radius 1 is 1.29 bits per heavy atom. The number of hydrogen-bond acceptors (Lipinski definition) is 2. The number of rotatable bonds is 4. The zero-order chi connectivity index (χ0) is 12.3. The first-order valence-corrected chi connectivity index (χ1v) is 7.00. The molecule has 0 spiro atoms. The second-order valence-corrected chi connectivity index (χ2v) is 5.66. The van der Waals surface area contributed by atoms with Gasteiger partial charge in [-0.1, -0.05) is 18.2 Å². The maximum absolute atomic E-state index is 13.7. The van der Waals surface area contributed by atoms with Gasteiger partial charge in [0.25, 0.3) is 0 Å². The van der Waals surface area contributed by atoms with Crippen LogP contribution in [0.2, 0.25) is 0 Å². The van der Waals surface area contributed by atoms with Crippen LogP contribution in [0.1, 0.15) is 23.0 Å². The SMILES string of the molecule is OC(CCc1cccs1)c1cccc(Br)c1F. The van der Waals surface area contributed by atoms with Crippen LogP contribution in [0.5, 0.6) is 0 Å². The van der Waals surface area contributed by atoms with Gasteiger partial charge >= 0.3 is 0 Å². The standard InChI is InChI=1S/C13H12BrFOS/c14-11-5-1-4-10(13(11)15)12(16)7-6-9-3-2-8-17-9/h1-5,8,12,16H,6-7H2. The number of thiophene rings is 1. The first-order chi connectivity index (χ1) is 8.18.